The average Bonchev–Trinajstić information content (AvgIpc) is 3.12. The van der Waals surface area contributed by atoms with E-state index in [1.165, 1.54) is 36.0 Å². The van der Waals surface area contributed by atoms with Crippen LogP contribution in [0.25, 0.3) is 0 Å². The molecule has 0 saturated carbocycles. The van der Waals surface area contributed by atoms with Gasteiger partial charge in [0.15, 0.2) is 0 Å². The molecule has 1 aliphatic carbocycles. The summed E-state index contributed by atoms with van der Waals surface area (Å²) in [4.78, 5) is 14.0. The molecular formula is C17H24N2O2. The van der Waals surface area contributed by atoms with Gasteiger partial charge in [0, 0.05) is 25.6 Å². The Labute approximate surface area is 126 Å². The highest BCUT2D eigenvalue weighted by Gasteiger charge is 2.28. The maximum atomic E-state index is 12.2. The number of carbonyl (C=O) groups excluding carboxylic acids is 1. The molecule has 4 heteroatoms. The molecule has 2 aliphatic rings. The first-order valence-corrected chi connectivity index (χ1v) is 7.95. The molecule has 1 saturated heterocycles. The van der Waals surface area contributed by atoms with Crippen LogP contribution in [-0.4, -0.2) is 35.2 Å². The van der Waals surface area contributed by atoms with Gasteiger partial charge in [-0.2, -0.15) is 0 Å². The van der Waals surface area contributed by atoms with Gasteiger partial charge in [-0.1, -0.05) is 18.2 Å². The van der Waals surface area contributed by atoms with Crippen LogP contribution in [0.1, 0.15) is 36.5 Å². The van der Waals surface area contributed by atoms with Gasteiger partial charge in [0.2, 0.25) is 0 Å². The van der Waals surface area contributed by atoms with Crippen LogP contribution in [0, 0.1) is 5.92 Å². The number of aliphatic hydroxyl groups excluding tert-OH is 1. The van der Waals surface area contributed by atoms with Crippen molar-refractivity contribution in [2.24, 2.45) is 5.92 Å². The van der Waals surface area contributed by atoms with Crippen LogP contribution in [0.3, 0.4) is 0 Å². The van der Waals surface area contributed by atoms with Crippen molar-refractivity contribution in [3.8, 4) is 0 Å². The molecule has 2 N–H and O–H groups in total. The predicted molar refractivity (Wildman–Crippen MR) is 82.1 cm³/mol. The zero-order valence-corrected chi connectivity index (χ0v) is 12.6. The number of carbonyl (C=O) groups is 1. The van der Waals surface area contributed by atoms with Crippen molar-refractivity contribution in [2.45, 2.75) is 45.3 Å². The molecule has 1 aromatic rings. The van der Waals surface area contributed by atoms with Gasteiger partial charge in [-0.05, 0) is 49.3 Å². The summed E-state index contributed by atoms with van der Waals surface area (Å²) in [5.41, 5.74) is 4.08. The fraction of sp³-hybridized carbons (Fsp3) is 0.588. The first-order valence-electron chi connectivity index (χ1n) is 7.95. The van der Waals surface area contributed by atoms with Gasteiger partial charge in [0.25, 0.3) is 0 Å². The van der Waals surface area contributed by atoms with E-state index in [1.54, 1.807) is 6.92 Å². The molecule has 0 bridgehead atoms. The first kappa shape index (κ1) is 14.4. The highest BCUT2D eigenvalue weighted by molar-refractivity contribution is 5.74. The molecule has 0 spiro atoms. The minimum atomic E-state index is -0.334. The van der Waals surface area contributed by atoms with Crippen molar-refractivity contribution < 1.29 is 9.90 Å². The van der Waals surface area contributed by atoms with E-state index in [0.717, 1.165) is 13.0 Å². The number of rotatable bonds is 3. The zero-order chi connectivity index (χ0) is 14.8. The molecule has 2 atom stereocenters. The van der Waals surface area contributed by atoms with Crippen LogP contribution in [-0.2, 0) is 19.4 Å². The molecule has 4 nitrogen and oxygen atoms in total. The summed E-state index contributed by atoms with van der Waals surface area (Å²) >= 11 is 0. The summed E-state index contributed by atoms with van der Waals surface area (Å²) in [5.74, 6) is 0.218. The summed E-state index contributed by atoms with van der Waals surface area (Å²) in [6.45, 7) is 3.79. The van der Waals surface area contributed by atoms with E-state index < -0.39 is 0 Å². The number of aliphatic hydroxyl groups is 1. The molecule has 2 amide bonds. The summed E-state index contributed by atoms with van der Waals surface area (Å²) in [5, 5.41) is 12.6. The molecule has 1 fully saturated rings. The van der Waals surface area contributed by atoms with Crippen molar-refractivity contribution in [2.75, 3.05) is 13.1 Å². The molecule has 21 heavy (non-hydrogen) atoms. The second-order valence-electron chi connectivity index (χ2n) is 6.35. The lowest BCUT2D eigenvalue weighted by molar-refractivity contribution is 0.129. The maximum absolute atomic E-state index is 12.2. The summed E-state index contributed by atoms with van der Waals surface area (Å²) in [6, 6.07) is 6.53. The maximum Gasteiger partial charge on any atom is 0.317 e. The Morgan fingerprint density at radius 3 is 3.00 bits per heavy atom. The average molecular weight is 288 g/mol. The lowest BCUT2D eigenvalue weighted by Crippen LogP contribution is -2.38. The van der Waals surface area contributed by atoms with Gasteiger partial charge in [0.05, 0.1) is 6.10 Å². The molecular weight excluding hydrogens is 264 g/mol. The van der Waals surface area contributed by atoms with Crippen molar-refractivity contribution in [1.82, 2.24) is 10.2 Å². The molecule has 3 rings (SSSR count). The van der Waals surface area contributed by atoms with Gasteiger partial charge in [-0.3, -0.25) is 0 Å². The fourth-order valence-corrected chi connectivity index (χ4v) is 3.39. The summed E-state index contributed by atoms with van der Waals surface area (Å²) < 4.78 is 0. The van der Waals surface area contributed by atoms with Crippen LogP contribution in [0.2, 0.25) is 0 Å². The van der Waals surface area contributed by atoms with Crippen molar-refractivity contribution in [3.05, 3.63) is 34.9 Å². The van der Waals surface area contributed by atoms with Crippen LogP contribution >= 0.6 is 0 Å². The monoisotopic (exact) mass is 288 g/mol. The second kappa shape index (κ2) is 6.06. The molecule has 114 valence electrons. The summed E-state index contributed by atoms with van der Waals surface area (Å²) in [7, 11) is 0. The number of benzene rings is 1. The summed E-state index contributed by atoms with van der Waals surface area (Å²) in [6.07, 6.45) is 4.17. The lowest BCUT2D eigenvalue weighted by Gasteiger charge is -2.18. The van der Waals surface area contributed by atoms with E-state index in [4.69, 9.17) is 0 Å². The molecule has 1 aromatic carbocycles. The van der Waals surface area contributed by atoms with Crippen LogP contribution in [0.15, 0.2) is 18.2 Å². The number of hydrogen-bond acceptors (Lipinski definition) is 2. The number of urea groups is 1. The number of nitrogens with zero attached hydrogens (tertiary/aromatic N) is 1. The standard InChI is InChI=1S/C17H24N2O2/c1-12(20)16-7-8-19(11-16)17(21)18-10-13-5-6-14-3-2-4-15(14)9-13/h5-6,9,12,16,20H,2-4,7-8,10-11H2,1H3,(H,18,21)/t12-,16+/m1/s1. The SMILES string of the molecule is C[C@@H](O)[C@H]1CCN(C(=O)NCc2ccc3c(c2)CCC3)C1. The normalized spacial score (nSPS) is 22.2. The topological polar surface area (TPSA) is 52.6 Å². The third kappa shape index (κ3) is 3.21. The number of likely N-dealkylation sites (tertiary alicyclic amines) is 1. The Morgan fingerprint density at radius 1 is 1.43 bits per heavy atom. The smallest absolute Gasteiger partial charge is 0.317 e. The van der Waals surface area contributed by atoms with E-state index in [0.29, 0.717) is 13.1 Å². The number of nitrogens with one attached hydrogen (secondary N) is 1. The van der Waals surface area contributed by atoms with Gasteiger partial charge < -0.3 is 15.3 Å². The first-order chi connectivity index (χ1) is 10.1. The van der Waals surface area contributed by atoms with Crippen molar-refractivity contribution in [1.29, 1.82) is 0 Å². The van der Waals surface area contributed by atoms with E-state index in [2.05, 4.69) is 23.5 Å². The fourth-order valence-electron chi connectivity index (χ4n) is 3.39. The van der Waals surface area contributed by atoms with Gasteiger partial charge in [-0.15, -0.1) is 0 Å². The quantitative estimate of drug-likeness (QED) is 0.895. The van der Waals surface area contributed by atoms with E-state index in [-0.39, 0.29) is 18.1 Å². The Balaban J connectivity index is 1.52. The molecule has 1 heterocycles. The molecule has 0 aromatic heterocycles. The minimum absolute atomic E-state index is 0.0151. The van der Waals surface area contributed by atoms with Crippen LogP contribution in [0.5, 0.6) is 0 Å². The van der Waals surface area contributed by atoms with Gasteiger partial charge >= 0.3 is 6.03 Å². The zero-order valence-electron chi connectivity index (χ0n) is 12.6. The van der Waals surface area contributed by atoms with E-state index in [9.17, 15) is 9.90 Å². The Hall–Kier alpha value is -1.55. The highest BCUT2D eigenvalue weighted by atomic mass is 16.3. The molecule has 0 radical (unpaired) electrons. The third-order valence-electron chi connectivity index (χ3n) is 4.80. The van der Waals surface area contributed by atoms with Crippen LogP contribution in [0.4, 0.5) is 4.79 Å². The number of hydrogen-bond donors (Lipinski definition) is 2. The number of fused-ring (bicyclic) bond motifs is 1. The van der Waals surface area contributed by atoms with Crippen LogP contribution < -0.4 is 5.32 Å². The van der Waals surface area contributed by atoms with E-state index >= 15 is 0 Å². The number of aryl methyl sites for hydroxylation is 2. The number of amides is 2. The Bertz CT molecular complexity index is 528. The largest absolute Gasteiger partial charge is 0.393 e. The van der Waals surface area contributed by atoms with Gasteiger partial charge in [0.1, 0.15) is 0 Å². The predicted octanol–water partition coefficient (Wildman–Crippen LogP) is 2.09. The lowest BCUT2D eigenvalue weighted by atomic mass is 10.0. The van der Waals surface area contributed by atoms with Crippen molar-refractivity contribution in [3.63, 3.8) is 0 Å². The highest BCUT2D eigenvalue weighted by Crippen LogP contribution is 2.23. The minimum Gasteiger partial charge on any atom is -0.393 e. The second-order valence-corrected chi connectivity index (χ2v) is 6.35. The third-order valence-corrected chi connectivity index (χ3v) is 4.80. The Kier molecular flexibility index (Phi) is 4.15. The van der Waals surface area contributed by atoms with Crippen molar-refractivity contribution >= 4 is 6.03 Å². The van der Waals surface area contributed by atoms with E-state index in [1.807, 2.05) is 4.90 Å². The van der Waals surface area contributed by atoms with Gasteiger partial charge in [-0.25, -0.2) is 4.79 Å². The Morgan fingerprint density at radius 2 is 2.24 bits per heavy atom. The molecule has 1 aliphatic heterocycles. The molecule has 0 unspecified atom stereocenters.